The standard InChI is InChI=1S/C12H12F6O3/c1-21-8-4-2-7(3-5-8)9(19)6-10(20,11(13,14)15)12(16,17)18/h2-5,9,19-20H,6H2,1H3/t9-/m1/s1. The van der Waals surface area contributed by atoms with Gasteiger partial charge in [-0.2, -0.15) is 26.3 Å². The molecule has 0 radical (unpaired) electrons. The molecule has 21 heavy (non-hydrogen) atoms. The van der Waals surface area contributed by atoms with Crippen LogP contribution in [0.25, 0.3) is 0 Å². The molecule has 0 unspecified atom stereocenters. The highest BCUT2D eigenvalue weighted by molar-refractivity contribution is 5.28. The van der Waals surface area contributed by atoms with E-state index in [2.05, 4.69) is 0 Å². The van der Waals surface area contributed by atoms with E-state index >= 15 is 0 Å². The minimum atomic E-state index is -5.96. The summed E-state index contributed by atoms with van der Waals surface area (Å²) >= 11 is 0. The van der Waals surface area contributed by atoms with Crippen LogP contribution in [-0.4, -0.2) is 35.3 Å². The van der Waals surface area contributed by atoms with E-state index in [1.54, 1.807) is 0 Å². The molecule has 0 saturated carbocycles. The largest absolute Gasteiger partial charge is 0.497 e. The molecule has 0 amide bonds. The average molecular weight is 318 g/mol. The Hall–Kier alpha value is -1.48. The SMILES string of the molecule is COc1ccc([C@H](O)CC(O)(C(F)(F)F)C(F)(F)F)cc1. The van der Waals surface area contributed by atoms with Crippen molar-refractivity contribution in [2.24, 2.45) is 0 Å². The van der Waals surface area contributed by atoms with Gasteiger partial charge in [0.25, 0.3) is 5.60 Å². The van der Waals surface area contributed by atoms with E-state index in [1.807, 2.05) is 0 Å². The molecular formula is C12H12F6O3. The summed E-state index contributed by atoms with van der Waals surface area (Å²) in [5.41, 5.74) is -5.19. The van der Waals surface area contributed by atoms with Crippen molar-refractivity contribution in [2.75, 3.05) is 7.11 Å². The molecule has 120 valence electrons. The molecule has 0 saturated heterocycles. The van der Waals surface area contributed by atoms with Gasteiger partial charge in [0.2, 0.25) is 0 Å². The monoisotopic (exact) mass is 318 g/mol. The fourth-order valence-electron chi connectivity index (χ4n) is 1.62. The Labute approximate surface area is 115 Å². The number of rotatable bonds is 4. The van der Waals surface area contributed by atoms with Gasteiger partial charge in [0.1, 0.15) is 5.75 Å². The maximum atomic E-state index is 12.5. The number of aliphatic hydroxyl groups is 2. The van der Waals surface area contributed by atoms with Gasteiger partial charge in [0.05, 0.1) is 13.2 Å². The number of benzene rings is 1. The molecular weight excluding hydrogens is 306 g/mol. The van der Waals surface area contributed by atoms with Gasteiger partial charge in [-0.1, -0.05) is 12.1 Å². The van der Waals surface area contributed by atoms with Crippen LogP contribution >= 0.6 is 0 Å². The van der Waals surface area contributed by atoms with Gasteiger partial charge in [-0.25, -0.2) is 0 Å². The molecule has 0 aromatic heterocycles. The Morgan fingerprint density at radius 2 is 1.43 bits per heavy atom. The van der Waals surface area contributed by atoms with Crippen LogP contribution in [0.2, 0.25) is 0 Å². The summed E-state index contributed by atoms with van der Waals surface area (Å²) in [7, 11) is 1.32. The van der Waals surface area contributed by atoms with Gasteiger partial charge in [-0.15, -0.1) is 0 Å². The average Bonchev–Trinajstić information content (AvgIpc) is 2.36. The van der Waals surface area contributed by atoms with Crippen LogP contribution < -0.4 is 4.74 Å². The van der Waals surface area contributed by atoms with Gasteiger partial charge < -0.3 is 14.9 Å². The van der Waals surface area contributed by atoms with Crippen LogP contribution in [0, 0.1) is 0 Å². The molecule has 0 aliphatic carbocycles. The van der Waals surface area contributed by atoms with Gasteiger partial charge in [-0.05, 0) is 17.7 Å². The fraction of sp³-hybridized carbons (Fsp3) is 0.500. The second kappa shape index (κ2) is 5.72. The van der Waals surface area contributed by atoms with E-state index in [9.17, 15) is 31.4 Å². The number of alkyl halides is 6. The molecule has 0 fully saturated rings. The second-order valence-electron chi connectivity index (χ2n) is 4.35. The molecule has 0 aliphatic heterocycles. The molecule has 1 aromatic rings. The van der Waals surface area contributed by atoms with E-state index in [0.29, 0.717) is 5.75 Å². The van der Waals surface area contributed by atoms with Gasteiger partial charge in [-0.3, -0.25) is 0 Å². The quantitative estimate of drug-likeness (QED) is 0.839. The lowest BCUT2D eigenvalue weighted by atomic mass is 9.91. The van der Waals surface area contributed by atoms with Crippen LogP contribution in [0.4, 0.5) is 26.3 Å². The van der Waals surface area contributed by atoms with Gasteiger partial charge in [0, 0.05) is 6.42 Å². The maximum absolute atomic E-state index is 12.5. The minimum absolute atomic E-state index is 0.206. The van der Waals surface area contributed by atoms with Crippen molar-refractivity contribution in [3.05, 3.63) is 29.8 Å². The van der Waals surface area contributed by atoms with Gasteiger partial charge >= 0.3 is 12.4 Å². The first-order valence-electron chi connectivity index (χ1n) is 5.60. The molecule has 2 N–H and O–H groups in total. The lowest BCUT2D eigenvalue weighted by molar-refractivity contribution is -0.374. The maximum Gasteiger partial charge on any atom is 0.426 e. The van der Waals surface area contributed by atoms with Crippen molar-refractivity contribution in [1.82, 2.24) is 0 Å². The summed E-state index contributed by atoms with van der Waals surface area (Å²) in [5.74, 6) is 0.313. The molecule has 1 atom stereocenters. The Balaban J connectivity index is 3.03. The zero-order valence-corrected chi connectivity index (χ0v) is 10.7. The first-order chi connectivity index (χ1) is 9.42. The number of methoxy groups -OCH3 is 1. The molecule has 0 bridgehead atoms. The smallest absolute Gasteiger partial charge is 0.426 e. The van der Waals surface area contributed by atoms with Crippen molar-refractivity contribution >= 4 is 0 Å². The third-order valence-electron chi connectivity index (χ3n) is 2.93. The number of ether oxygens (including phenoxy) is 1. The van der Waals surface area contributed by atoms with Crippen LogP contribution in [-0.2, 0) is 0 Å². The first kappa shape index (κ1) is 17.6. The minimum Gasteiger partial charge on any atom is -0.497 e. The Morgan fingerprint density at radius 1 is 1.00 bits per heavy atom. The third kappa shape index (κ3) is 3.59. The van der Waals surface area contributed by atoms with Crippen molar-refractivity contribution < 1.29 is 41.3 Å². The van der Waals surface area contributed by atoms with Crippen molar-refractivity contribution in [3.8, 4) is 5.75 Å². The molecule has 1 rings (SSSR count). The summed E-state index contributed by atoms with van der Waals surface area (Å²) in [6.07, 6.45) is -16.0. The normalized spacial score (nSPS) is 14.9. The van der Waals surface area contributed by atoms with Crippen LogP contribution in [0.5, 0.6) is 5.75 Å². The predicted molar refractivity (Wildman–Crippen MR) is 59.6 cm³/mol. The topological polar surface area (TPSA) is 49.7 Å². The fourth-order valence-corrected chi connectivity index (χ4v) is 1.62. The number of aliphatic hydroxyl groups excluding tert-OH is 1. The lowest BCUT2D eigenvalue weighted by Gasteiger charge is -2.33. The lowest BCUT2D eigenvalue weighted by Crippen LogP contribution is -2.57. The number of halogens is 6. The van der Waals surface area contributed by atoms with E-state index in [-0.39, 0.29) is 5.56 Å². The van der Waals surface area contributed by atoms with Crippen molar-refractivity contribution in [3.63, 3.8) is 0 Å². The van der Waals surface area contributed by atoms with Crippen LogP contribution in [0.3, 0.4) is 0 Å². The molecule has 1 aromatic carbocycles. The van der Waals surface area contributed by atoms with Gasteiger partial charge in [0.15, 0.2) is 0 Å². The van der Waals surface area contributed by atoms with Crippen molar-refractivity contribution in [1.29, 1.82) is 0 Å². The summed E-state index contributed by atoms with van der Waals surface area (Å²) < 4.78 is 79.7. The Bertz CT molecular complexity index is 451. The molecule has 3 nitrogen and oxygen atoms in total. The van der Waals surface area contributed by atoms with E-state index in [1.165, 1.54) is 19.2 Å². The molecule has 0 aliphatic rings. The Morgan fingerprint density at radius 3 is 1.76 bits per heavy atom. The number of hydrogen-bond donors (Lipinski definition) is 2. The number of hydrogen-bond acceptors (Lipinski definition) is 3. The summed E-state index contributed by atoms with van der Waals surface area (Å²) in [6, 6.07) is 4.74. The highest BCUT2D eigenvalue weighted by Crippen LogP contribution is 2.47. The molecule has 9 heteroatoms. The molecule has 0 heterocycles. The summed E-state index contributed by atoms with van der Waals surface area (Å²) in [5, 5.41) is 18.5. The van der Waals surface area contributed by atoms with Crippen LogP contribution in [0.15, 0.2) is 24.3 Å². The molecule has 0 spiro atoms. The summed E-state index contributed by atoms with van der Waals surface area (Å²) in [4.78, 5) is 0. The summed E-state index contributed by atoms with van der Waals surface area (Å²) in [6.45, 7) is 0. The highest BCUT2D eigenvalue weighted by Gasteiger charge is 2.70. The Kier molecular flexibility index (Phi) is 4.79. The third-order valence-corrected chi connectivity index (χ3v) is 2.93. The second-order valence-corrected chi connectivity index (χ2v) is 4.35. The van der Waals surface area contributed by atoms with E-state index in [4.69, 9.17) is 9.84 Å². The zero-order chi connectivity index (χ0) is 16.5. The van der Waals surface area contributed by atoms with E-state index < -0.39 is 30.5 Å². The highest BCUT2D eigenvalue weighted by atomic mass is 19.4. The van der Waals surface area contributed by atoms with E-state index in [0.717, 1.165) is 12.1 Å². The van der Waals surface area contributed by atoms with Crippen molar-refractivity contribution in [2.45, 2.75) is 30.5 Å². The zero-order valence-electron chi connectivity index (χ0n) is 10.7. The predicted octanol–water partition coefficient (Wildman–Crippen LogP) is 2.97. The first-order valence-corrected chi connectivity index (χ1v) is 5.60. The van der Waals surface area contributed by atoms with Crippen LogP contribution in [0.1, 0.15) is 18.1 Å².